The molecule has 1 aromatic carbocycles. The molecule has 0 amide bonds. The van der Waals surface area contributed by atoms with Gasteiger partial charge in [0.15, 0.2) is 0 Å². The SMILES string of the molecule is c1ccc2c(c1)NC(c1ccncc1)S2. The number of hydrogen-bond acceptors (Lipinski definition) is 3. The number of benzene rings is 1. The first kappa shape index (κ1) is 8.80. The zero-order chi connectivity index (χ0) is 10.1. The summed E-state index contributed by atoms with van der Waals surface area (Å²) in [4.78, 5) is 5.35. The number of hydrogen-bond donors (Lipinski definition) is 1. The van der Waals surface area contributed by atoms with E-state index in [2.05, 4.69) is 46.7 Å². The van der Waals surface area contributed by atoms with Crippen LogP contribution in [0.1, 0.15) is 10.9 Å². The Morgan fingerprint density at radius 2 is 1.87 bits per heavy atom. The number of aromatic nitrogens is 1. The third-order valence-electron chi connectivity index (χ3n) is 2.43. The van der Waals surface area contributed by atoms with Gasteiger partial charge in [-0.2, -0.15) is 0 Å². The Hall–Kier alpha value is -1.48. The smallest absolute Gasteiger partial charge is 0.103 e. The van der Waals surface area contributed by atoms with Crippen molar-refractivity contribution in [3.8, 4) is 0 Å². The molecule has 1 atom stereocenters. The molecule has 0 saturated carbocycles. The van der Waals surface area contributed by atoms with E-state index in [1.807, 2.05) is 24.2 Å². The van der Waals surface area contributed by atoms with Crippen LogP contribution in [0.15, 0.2) is 53.7 Å². The molecule has 0 fully saturated rings. The molecule has 2 aromatic rings. The zero-order valence-corrected chi connectivity index (χ0v) is 8.87. The van der Waals surface area contributed by atoms with Gasteiger partial charge in [-0.15, -0.1) is 0 Å². The summed E-state index contributed by atoms with van der Waals surface area (Å²) in [5.74, 6) is 0. The van der Waals surface area contributed by atoms with Crippen LogP contribution in [0.5, 0.6) is 0 Å². The summed E-state index contributed by atoms with van der Waals surface area (Å²) in [6.45, 7) is 0. The minimum Gasteiger partial charge on any atom is -0.368 e. The highest BCUT2D eigenvalue weighted by Crippen LogP contribution is 2.45. The standard InChI is InChI=1S/C12H10N2S/c1-2-4-11-10(3-1)14-12(15-11)9-5-7-13-8-6-9/h1-8,12,14H. The Labute approximate surface area is 92.7 Å². The third kappa shape index (κ3) is 1.59. The summed E-state index contributed by atoms with van der Waals surface area (Å²) in [5, 5.41) is 3.81. The molecule has 2 nitrogen and oxygen atoms in total. The zero-order valence-electron chi connectivity index (χ0n) is 8.05. The molecule has 0 spiro atoms. The Balaban J connectivity index is 1.91. The van der Waals surface area contributed by atoms with E-state index in [0.717, 1.165) is 0 Å². The molecule has 3 heteroatoms. The fraction of sp³-hybridized carbons (Fsp3) is 0.0833. The quantitative estimate of drug-likeness (QED) is 0.788. The molecule has 1 aromatic heterocycles. The first-order chi connectivity index (χ1) is 7.43. The Morgan fingerprint density at radius 3 is 2.67 bits per heavy atom. The average Bonchev–Trinajstić information content (AvgIpc) is 2.74. The largest absolute Gasteiger partial charge is 0.368 e. The van der Waals surface area contributed by atoms with Gasteiger partial charge >= 0.3 is 0 Å². The lowest BCUT2D eigenvalue weighted by atomic mass is 10.2. The fourth-order valence-electron chi connectivity index (χ4n) is 1.68. The van der Waals surface area contributed by atoms with Gasteiger partial charge in [0.25, 0.3) is 0 Å². The number of para-hydroxylation sites is 1. The van der Waals surface area contributed by atoms with Gasteiger partial charge in [-0.3, -0.25) is 4.98 Å². The summed E-state index contributed by atoms with van der Waals surface area (Å²) in [6.07, 6.45) is 3.67. The number of pyridine rings is 1. The monoisotopic (exact) mass is 214 g/mol. The molecular formula is C12H10N2S. The number of thioether (sulfide) groups is 1. The average molecular weight is 214 g/mol. The molecule has 0 saturated heterocycles. The molecule has 2 heterocycles. The Morgan fingerprint density at radius 1 is 1.07 bits per heavy atom. The van der Waals surface area contributed by atoms with Crippen LogP contribution >= 0.6 is 11.8 Å². The Kier molecular flexibility index (Phi) is 2.10. The molecule has 0 aliphatic carbocycles. The fourth-order valence-corrected chi connectivity index (χ4v) is 2.82. The maximum Gasteiger partial charge on any atom is 0.103 e. The van der Waals surface area contributed by atoms with E-state index in [-0.39, 0.29) is 0 Å². The molecule has 0 bridgehead atoms. The summed E-state index contributed by atoms with van der Waals surface area (Å²) in [7, 11) is 0. The van der Waals surface area contributed by atoms with Crippen molar-refractivity contribution < 1.29 is 0 Å². The van der Waals surface area contributed by atoms with Gasteiger partial charge in [0.2, 0.25) is 0 Å². The molecule has 1 aliphatic heterocycles. The van der Waals surface area contributed by atoms with Crippen molar-refractivity contribution in [3.63, 3.8) is 0 Å². The van der Waals surface area contributed by atoms with Crippen LogP contribution in [-0.4, -0.2) is 4.98 Å². The molecule has 0 radical (unpaired) electrons. The van der Waals surface area contributed by atoms with Crippen molar-refractivity contribution in [1.82, 2.24) is 4.98 Å². The molecule has 1 N–H and O–H groups in total. The molecular weight excluding hydrogens is 204 g/mol. The van der Waals surface area contributed by atoms with E-state index in [1.165, 1.54) is 16.1 Å². The lowest BCUT2D eigenvalue weighted by Gasteiger charge is -2.09. The first-order valence-corrected chi connectivity index (χ1v) is 5.73. The van der Waals surface area contributed by atoms with Gasteiger partial charge in [-0.1, -0.05) is 23.9 Å². The molecule has 3 rings (SSSR count). The van der Waals surface area contributed by atoms with Crippen LogP contribution in [0.3, 0.4) is 0 Å². The predicted molar refractivity (Wildman–Crippen MR) is 62.9 cm³/mol. The summed E-state index contributed by atoms with van der Waals surface area (Å²) >= 11 is 1.85. The lowest BCUT2D eigenvalue weighted by molar-refractivity contribution is 1.11. The molecule has 74 valence electrons. The van der Waals surface area contributed by atoms with E-state index in [1.54, 1.807) is 0 Å². The van der Waals surface area contributed by atoms with Gasteiger partial charge in [0.1, 0.15) is 5.37 Å². The second-order valence-electron chi connectivity index (χ2n) is 3.42. The van der Waals surface area contributed by atoms with Gasteiger partial charge in [0, 0.05) is 23.0 Å². The topological polar surface area (TPSA) is 24.9 Å². The number of nitrogens with zero attached hydrogens (tertiary/aromatic N) is 1. The first-order valence-electron chi connectivity index (χ1n) is 4.85. The van der Waals surface area contributed by atoms with Gasteiger partial charge < -0.3 is 5.32 Å². The van der Waals surface area contributed by atoms with Crippen molar-refractivity contribution in [1.29, 1.82) is 0 Å². The summed E-state index contributed by atoms with van der Waals surface area (Å²) in [5.41, 5.74) is 2.50. The number of fused-ring (bicyclic) bond motifs is 1. The van der Waals surface area contributed by atoms with Crippen molar-refractivity contribution in [2.75, 3.05) is 5.32 Å². The van der Waals surface area contributed by atoms with Crippen molar-refractivity contribution in [2.45, 2.75) is 10.3 Å². The molecule has 1 unspecified atom stereocenters. The highest BCUT2D eigenvalue weighted by atomic mass is 32.2. The van der Waals surface area contributed by atoms with E-state index in [9.17, 15) is 0 Å². The van der Waals surface area contributed by atoms with Crippen molar-refractivity contribution in [3.05, 3.63) is 54.4 Å². The highest BCUT2D eigenvalue weighted by molar-refractivity contribution is 8.00. The maximum atomic E-state index is 4.03. The van der Waals surface area contributed by atoms with Crippen LogP contribution in [0.25, 0.3) is 0 Å². The second-order valence-corrected chi connectivity index (χ2v) is 4.57. The Bertz CT molecular complexity index is 445. The minimum absolute atomic E-state index is 0.324. The van der Waals surface area contributed by atoms with E-state index >= 15 is 0 Å². The summed E-state index contributed by atoms with van der Waals surface area (Å²) in [6, 6.07) is 12.5. The third-order valence-corrected chi connectivity index (χ3v) is 3.66. The lowest BCUT2D eigenvalue weighted by Crippen LogP contribution is -2.00. The van der Waals surface area contributed by atoms with Crippen LogP contribution in [0.2, 0.25) is 0 Å². The number of anilines is 1. The second kappa shape index (κ2) is 3.59. The van der Waals surface area contributed by atoms with Crippen LogP contribution in [-0.2, 0) is 0 Å². The molecule has 1 aliphatic rings. The van der Waals surface area contributed by atoms with Crippen LogP contribution in [0, 0.1) is 0 Å². The minimum atomic E-state index is 0.324. The van der Waals surface area contributed by atoms with Gasteiger partial charge in [0.05, 0.1) is 0 Å². The van der Waals surface area contributed by atoms with Gasteiger partial charge in [-0.25, -0.2) is 0 Å². The summed E-state index contributed by atoms with van der Waals surface area (Å²) < 4.78 is 0. The van der Waals surface area contributed by atoms with E-state index in [0.29, 0.717) is 5.37 Å². The number of nitrogens with one attached hydrogen (secondary N) is 1. The normalized spacial score (nSPS) is 18.3. The van der Waals surface area contributed by atoms with E-state index in [4.69, 9.17) is 0 Å². The maximum absolute atomic E-state index is 4.03. The van der Waals surface area contributed by atoms with Crippen LogP contribution < -0.4 is 5.32 Å². The number of rotatable bonds is 1. The highest BCUT2D eigenvalue weighted by Gasteiger charge is 2.21. The predicted octanol–water partition coefficient (Wildman–Crippen LogP) is 3.30. The van der Waals surface area contributed by atoms with Gasteiger partial charge in [-0.05, 0) is 29.8 Å². The van der Waals surface area contributed by atoms with Crippen molar-refractivity contribution in [2.24, 2.45) is 0 Å². The van der Waals surface area contributed by atoms with Crippen molar-refractivity contribution >= 4 is 17.4 Å². The van der Waals surface area contributed by atoms with E-state index < -0.39 is 0 Å². The van der Waals surface area contributed by atoms with Crippen LogP contribution in [0.4, 0.5) is 5.69 Å². The molecule has 15 heavy (non-hydrogen) atoms.